The molecule has 0 spiro atoms. The smallest absolute Gasteiger partial charge is 0.0708 e. The molecule has 66 valence electrons. The fourth-order valence-corrected chi connectivity index (χ4v) is 1.66. The van der Waals surface area contributed by atoms with Crippen molar-refractivity contribution in [3.63, 3.8) is 0 Å². The van der Waals surface area contributed by atoms with Crippen molar-refractivity contribution in [2.75, 3.05) is 0 Å². The van der Waals surface area contributed by atoms with Gasteiger partial charge in [-0.05, 0) is 29.7 Å². The van der Waals surface area contributed by atoms with Gasteiger partial charge < -0.3 is 0 Å². The van der Waals surface area contributed by atoms with Gasteiger partial charge in [-0.3, -0.25) is 9.97 Å². The summed E-state index contributed by atoms with van der Waals surface area (Å²) in [7, 11) is 0. The second-order valence-electron chi connectivity index (χ2n) is 3.27. The lowest BCUT2D eigenvalue weighted by molar-refractivity contribution is 1.36. The summed E-state index contributed by atoms with van der Waals surface area (Å²) in [6.45, 7) is 0. The zero-order valence-corrected chi connectivity index (χ0v) is 7.51. The maximum Gasteiger partial charge on any atom is 0.0708 e. The van der Waals surface area contributed by atoms with Gasteiger partial charge >= 0.3 is 0 Å². The van der Waals surface area contributed by atoms with Gasteiger partial charge in [0.15, 0.2) is 0 Å². The lowest BCUT2D eigenvalue weighted by Gasteiger charge is -1.99. The average Bonchev–Trinajstić information content (AvgIpc) is 2.26. The lowest BCUT2D eigenvalue weighted by atomic mass is 10.1. The van der Waals surface area contributed by atoms with Crippen LogP contribution in [0.25, 0.3) is 21.7 Å². The molecule has 0 atom stereocenters. The number of benzene rings is 1. The molecule has 0 aliphatic heterocycles. The Morgan fingerprint density at radius 3 is 2.86 bits per heavy atom. The van der Waals surface area contributed by atoms with Crippen LogP contribution >= 0.6 is 0 Å². The van der Waals surface area contributed by atoms with Gasteiger partial charge in [-0.1, -0.05) is 6.07 Å². The third kappa shape index (κ3) is 1.04. The molecule has 14 heavy (non-hydrogen) atoms. The highest BCUT2D eigenvalue weighted by molar-refractivity contribution is 5.95. The molecule has 0 radical (unpaired) electrons. The molecule has 2 nitrogen and oxygen atoms in total. The van der Waals surface area contributed by atoms with E-state index in [0.29, 0.717) is 0 Å². The van der Waals surface area contributed by atoms with Crippen LogP contribution in [0.3, 0.4) is 0 Å². The topological polar surface area (TPSA) is 25.8 Å². The summed E-state index contributed by atoms with van der Waals surface area (Å²) in [4.78, 5) is 8.40. The van der Waals surface area contributed by atoms with Crippen LogP contribution in [0.1, 0.15) is 0 Å². The van der Waals surface area contributed by atoms with Gasteiger partial charge in [0.1, 0.15) is 0 Å². The molecule has 2 aromatic heterocycles. The first-order valence-electron chi connectivity index (χ1n) is 4.52. The number of nitrogens with zero attached hydrogens (tertiary/aromatic N) is 2. The Morgan fingerprint density at radius 1 is 0.857 bits per heavy atom. The van der Waals surface area contributed by atoms with Crippen molar-refractivity contribution in [1.29, 1.82) is 0 Å². The summed E-state index contributed by atoms with van der Waals surface area (Å²) >= 11 is 0. The lowest BCUT2D eigenvalue weighted by Crippen LogP contribution is -1.79. The summed E-state index contributed by atoms with van der Waals surface area (Å²) in [5.41, 5.74) is 1.02. The van der Waals surface area contributed by atoms with Gasteiger partial charge in [-0.15, -0.1) is 0 Å². The molecule has 0 aliphatic carbocycles. The SMILES string of the molecule is c1cnc2cc3cnccc3cc2c1. The number of pyridine rings is 2. The van der Waals surface area contributed by atoms with E-state index in [9.17, 15) is 0 Å². The average molecular weight is 180 g/mol. The molecule has 0 amide bonds. The van der Waals surface area contributed by atoms with Gasteiger partial charge in [0.05, 0.1) is 5.52 Å². The fraction of sp³-hybridized carbons (Fsp3) is 0. The van der Waals surface area contributed by atoms with E-state index < -0.39 is 0 Å². The summed E-state index contributed by atoms with van der Waals surface area (Å²) in [5.74, 6) is 0. The number of hydrogen-bond acceptors (Lipinski definition) is 2. The quantitative estimate of drug-likeness (QED) is 0.497. The first-order valence-corrected chi connectivity index (χ1v) is 4.52. The Morgan fingerprint density at radius 2 is 1.86 bits per heavy atom. The molecule has 3 aromatic rings. The predicted octanol–water partition coefficient (Wildman–Crippen LogP) is 2.78. The normalized spacial score (nSPS) is 10.9. The summed E-state index contributed by atoms with van der Waals surface area (Å²) in [6, 6.07) is 10.2. The fourth-order valence-electron chi connectivity index (χ4n) is 1.66. The Labute approximate surface area is 81.2 Å². The van der Waals surface area contributed by atoms with Crippen molar-refractivity contribution in [2.24, 2.45) is 0 Å². The second kappa shape index (κ2) is 2.77. The van der Waals surface area contributed by atoms with Crippen molar-refractivity contribution < 1.29 is 0 Å². The largest absolute Gasteiger partial charge is 0.264 e. The van der Waals surface area contributed by atoms with E-state index in [4.69, 9.17) is 0 Å². The van der Waals surface area contributed by atoms with Crippen molar-refractivity contribution >= 4 is 21.7 Å². The van der Waals surface area contributed by atoms with E-state index >= 15 is 0 Å². The van der Waals surface area contributed by atoms with Crippen LogP contribution < -0.4 is 0 Å². The maximum absolute atomic E-state index is 4.30. The minimum Gasteiger partial charge on any atom is -0.264 e. The molecule has 0 saturated heterocycles. The van der Waals surface area contributed by atoms with Crippen LogP contribution in [0.4, 0.5) is 0 Å². The maximum atomic E-state index is 4.30. The number of hydrogen-bond donors (Lipinski definition) is 0. The van der Waals surface area contributed by atoms with Crippen molar-refractivity contribution in [3.05, 3.63) is 48.9 Å². The zero-order valence-electron chi connectivity index (χ0n) is 7.51. The van der Waals surface area contributed by atoms with Crippen LogP contribution in [0.15, 0.2) is 48.9 Å². The van der Waals surface area contributed by atoms with Crippen LogP contribution in [0.5, 0.6) is 0 Å². The van der Waals surface area contributed by atoms with Crippen molar-refractivity contribution in [3.8, 4) is 0 Å². The van der Waals surface area contributed by atoms with Crippen LogP contribution in [0.2, 0.25) is 0 Å². The van der Waals surface area contributed by atoms with Crippen LogP contribution in [-0.2, 0) is 0 Å². The highest BCUT2D eigenvalue weighted by Crippen LogP contribution is 2.19. The summed E-state index contributed by atoms with van der Waals surface area (Å²) in [6.07, 6.45) is 5.48. The zero-order chi connectivity index (χ0) is 9.38. The molecular weight excluding hydrogens is 172 g/mol. The van der Waals surface area contributed by atoms with Crippen LogP contribution in [0, 0.1) is 0 Å². The highest BCUT2D eigenvalue weighted by Gasteiger charge is 1.96. The molecule has 0 bridgehead atoms. The number of rotatable bonds is 0. The molecule has 3 rings (SSSR count). The number of fused-ring (bicyclic) bond motifs is 2. The molecule has 0 unspecified atom stereocenters. The minimum atomic E-state index is 1.02. The monoisotopic (exact) mass is 180 g/mol. The number of aromatic nitrogens is 2. The Bertz CT molecular complexity index is 497. The summed E-state index contributed by atoms with van der Waals surface area (Å²) < 4.78 is 0. The van der Waals surface area contributed by atoms with E-state index in [-0.39, 0.29) is 0 Å². The third-order valence-electron chi connectivity index (χ3n) is 2.36. The molecule has 0 N–H and O–H groups in total. The standard InChI is InChI=1S/C12H8N2/c1-2-10-6-9-3-5-13-8-11(9)7-12(10)14-4-1/h1-8H. The first kappa shape index (κ1) is 7.44. The molecule has 0 aliphatic rings. The van der Waals surface area contributed by atoms with Gasteiger partial charge in [0.2, 0.25) is 0 Å². The predicted molar refractivity (Wildman–Crippen MR) is 57.0 cm³/mol. The molecule has 2 heteroatoms. The molecule has 0 saturated carbocycles. The van der Waals surface area contributed by atoms with Crippen molar-refractivity contribution in [1.82, 2.24) is 9.97 Å². The molecule has 1 aromatic carbocycles. The molecular formula is C12H8N2. The van der Waals surface area contributed by atoms with Crippen LogP contribution in [-0.4, -0.2) is 9.97 Å². The minimum absolute atomic E-state index is 1.02. The van der Waals surface area contributed by atoms with E-state index in [1.165, 1.54) is 10.8 Å². The third-order valence-corrected chi connectivity index (χ3v) is 2.36. The Kier molecular flexibility index (Phi) is 1.47. The molecule has 0 fully saturated rings. The van der Waals surface area contributed by atoms with E-state index in [1.807, 2.05) is 30.7 Å². The van der Waals surface area contributed by atoms with E-state index in [0.717, 1.165) is 10.9 Å². The van der Waals surface area contributed by atoms with Gasteiger partial charge in [0, 0.05) is 29.4 Å². The second-order valence-corrected chi connectivity index (χ2v) is 3.27. The Balaban J connectivity index is 2.52. The van der Waals surface area contributed by atoms with Gasteiger partial charge in [-0.2, -0.15) is 0 Å². The van der Waals surface area contributed by atoms with Gasteiger partial charge in [0.25, 0.3) is 0 Å². The van der Waals surface area contributed by atoms with E-state index in [2.05, 4.69) is 28.2 Å². The molecule has 2 heterocycles. The van der Waals surface area contributed by atoms with Gasteiger partial charge in [-0.25, -0.2) is 0 Å². The highest BCUT2D eigenvalue weighted by atomic mass is 14.6. The Hall–Kier alpha value is -1.96. The van der Waals surface area contributed by atoms with Crippen molar-refractivity contribution in [2.45, 2.75) is 0 Å². The first-order chi connectivity index (χ1) is 6.93. The summed E-state index contributed by atoms with van der Waals surface area (Å²) in [5, 5.41) is 3.52. The van der Waals surface area contributed by atoms with E-state index in [1.54, 1.807) is 0 Å².